The van der Waals surface area contributed by atoms with E-state index in [-0.39, 0.29) is 17.5 Å². The molecule has 0 spiro atoms. The second-order valence-electron chi connectivity index (χ2n) is 6.63. The van der Waals surface area contributed by atoms with Gasteiger partial charge in [0.25, 0.3) is 0 Å². The molecule has 1 aliphatic heterocycles. The maximum absolute atomic E-state index is 11.8. The van der Waals surface area contributed by atoms with Crippen molar-refractivity contribution in [2.75, 3.05) is 28.3 Å². The topological polar surface area (TPSA) is 75.2 Å². The Kier molecular flexibility index (Phi) is 5.39. The van der Waals surface area contributed by atoms with Crippen LogP contribution < -0.4 is 10.2 Å². The van der Waals surface area contributed by atoms with Crippen LogP contribution in [0.25, 0.3) is 0 Å². The number of aromatic nitrogens is 2. The summed E-state index contributed by atoms with van der Waals surface area (Å²) in [6.45, 7) is 6.49. The summed E-state index contributed by atoms with van der Waals surface area (Å²) in [7, 11) is -2.96. The van der Waals surface area contributed by atoms with Crippen LogP contribution in [0.2, 0.25) is 5.02 Å². The molecular weight excluding hydrogens is 372 g/mol. The Morgan fingerprint density at radius 3 is 2.65 bits per heavy atom. The lowest BCUT2D eigenvalue weighted by atomic mass is 10.2. The van der Waals surface area contributed by atoms with E-state index in [4.69, 9.17) is 11.6 Å². The van der Waals surface area contributed by atoms with Crippen LogP contribution in [-0.2, 0) is 9.84 Å². The van der Waals surface area contributed by atoms with Crippen molar-refractivity contribution in [3.63, 3.8) is 0 Å². The number of hydrogen-bond acceptors (Lipinski definition) is 6. The van der Waals surface area contributed by atoms with E-state index >= 15 is 0 Å². The predicted octanol–water partition coefficient (Wildman–Crippen LogP) is 3.50. The molecule has 1 aliphatic rings. The third kappa shape index (κ3) is 4.27. The molecule has 1 atom stereocenters. The van der Waals surface area contributed by atoms with Gasteiger partial charge in [0, 0.05) is 35.1 Å². The standard InChI is InChI=1S/C18H23ClN4O2S/c1-4-23(15-7-8-26(24,25)11-15)18-20-13(3)9-17(22-18)21-14-6-5-12(2)16(19)10-14/h5-6,9-10,15H,4,7-8,11H2,1-3H3,(H,20,21,22). The molecule has 2 heterocycles. The van der Waals surface area contributed by atoms with Gasteiger partial charge in [-0.05, 0) is 44.9 Å². The molecule has 3 rings (SSSR count). The summed E-state index contributed by atoms with van der Waals surface area (Å²) in [6.07, 6.45) is 0.615. The lowest BCUT2D eigenvalue weighted by molar-refractivity contribution is 0.599. The van der Waals surface area contributed by atoms with Crippen LogP contribution >= 0.6 is 11.6 Å². The van der Waals surface area contributed by atoms with Crippen molar-refractivity contribution in [1.29, 1.82) is 0 Å². The molecule has 0 amide bonds. The smallest absolute Gasteiger partial charge is 0.227 e. The van der Waals surface area contributed by atoms with Crippen molar-refractivity contribution in [1.82, 2.24) is 9.97 Å². The van der Waals surface area contributed by atoms with Gasteiger partial charge >= 0.3 is 0 Å². The number of aryl methyl sites for hydroxylation is 2. The highest BCUT2D eigenvalue weighted by Gasteiger charge is 2.33. The average molecular weight is 395 g/mol. The van der Waals surface area contributed by atoms with E-state index in [1.165, 1.54) is 0 Å². The van der Waals surface area contributed by atoms with Gasteiger partial charge in [-0.3, -0.25) is 0 Å². The molecule has 1 fully saturated rings. The molecule has 0 bridgehead atoms. The van der Waals surface area contributed by atoms with Crippen LogP contribution in [0.1, 0.15) is 24.6 Å². The molecule has 140 valence electrons. The summed E-state index contributed by atoms with van der Waals surface area (Å²) in [5.41, 5.74) is 2.67. The monoisotopic (exact) mass is 394 g/mol. The lowest BCUT2D eigenvalue weighted by Gasteiger charge is -2.27. The predicted molar refractivity (Wildman–Crippen MR) is 106 cm³/mol. The molecule has 1 unspecified atom stereocenters. The zero-order valence-corrected chi connectivity index (χ0v) is 16.7. The molecule has 0 saturated carbocycles. The van der Waals surface area contributed by atoms with Crippen LogP contribution in [0.5, 0.6) is 0 Å². The third-order valence-corrected chi connectivity index (χ3v) is 6.69. The quantitative estimate of drug-likeness (QED) is 0.836. The van der Waals surface area contributed by atoms with Gasteiger partial charge in [0.1, 0.15) is 5.82 Å². The second-order valence-corrected chi connectivity index (χ2v) is 9.26. The summed E-state index contributed by atoms with van der Waals surface area (Å²) in [6, 6.07) is 7.53. The SMILES string of the molecule is CCN(c1nc(C)cc(Nc2ccc(C)c(Cl)c2)n1)C1CCS(=O)(=O)C1. The third-order valence-electron chi connectivity index (χ3n) is 4.53. The first-order valence-corrected chi connectivity index (χ1v) is 10.8. The van der Waals surface area contributed by atoms with Crippen molar-refractivity contribution in [3.8, 4) is 0 Å². The lowest BCUT2D eigenvalue weighted by Crippen LogP contribution is -2.37. The number of sulfone groups is 1. The molecule has 2 aromatic rings. The van der Waals surface area contributed by atoms with Gasteiger partial charge in [0.05, 0.1) is 11.5 Å². The number of halogens is 1. The van der Waals surface area contributed by atoms with Crippen molar-refractivity contribution < 1.29 is 8.42 Å². The molecular formula is C18H23ClN4O2S. The minimum absolute atomic E-state index is 0.0755. The van der Waals surface area contributed by atoms with Crippen molar-refractivity contribution >= 4 is 38.9 Å². The summed E-state index contributed by atoms with van der Waals surface area (Å²) in [5, 5.41) is 3.95. The van der Waals surface area contributed by atoms with E-state index in [2.05, 4.69) is 15.3 Å². The first-order valence-electron chi connectivity index (χ1n) is 8.63. The summed E-state index contributed by atoms with van der Waals surface area (Å²) < 4.78 is 23.7. The minimum atomic E-state index is -2.96. The Labute approximate surface area is 159 Å². The zero-order chi connectivity index (χ0) is 18.9. The normalized spacial score (nSPS) is 18.7. The number of nitrogens with one attached hydrogen (secondary N) is 1. The summed E-state index contributed by atoms with van der Waals surface area (Å²) in [5.74, 6) is 1.60. The molecule has 8 heteroatoms. The van der Waals surface area contributed by atoms with E-state index in [1.807, 2.05) is 49.9 Å². The zero-order valence-electron chi connectivity index (χ0n) is 15.2. The Bertz CT molecular complexity index is 917. The van der Waals surface area contributed by atoms with Crippen LogP contribution in [0.4, 0.5) is 17.5 Å². The first kappa shape index (κ1) is 18.9. The fourth-order valence-corrected chi connectivity index (χ4v) is 5.06. The largest absolute Gasteiger partial charge is 0.340 e. The second kappa shape index (κ2) is 7.40. The van der Waals surface area contributed by atoms with Gasteiger partial charge in [-0.2, -0.15) is 4.98 Å². The highest BCUT2D eigenvalue weighted by atomic mass is 35.5. The molecule has 26 heavy (non-hydrogen) atoms. The Morgan fingerprint density at radius 1 is 1.27 bits per heavy atom. The van der Waals surface area contributed by atoms with E-state index in [0.717, 1.165) is 16.9 Å². The highest BCUT2D eigenvalue weighted by Crippen LogP contribution is 2.26. The van der Waals surface area contributed by atoms with Crippen LogP contribution in [-0.4, -0.2) is 42.5 Å². The number of benzene rings is 1. The van der Waals surface area contributed by atoms with E-state index in [1.54, 1.807) is 0 Å². The maximum atomic E-state index is 11.8. The fourth-order valence-electron chi connectivity index (χ4n) is 3.15. The Morgan fingerprint density at radius 2 is 2.04 bits per heavy atom. The van der Waals surface area contributed by atoms with Gasteiger partial charge < -0.3 is 10.2 Å². The Hall–Kier alpha value is -1.86. The molecule has 1 aromatic carbocycles. The molecule has 1 aromatic heterocycles. The van der Waals surface area contributed by atoms with E-state index in [9.17, 15) is 8.42 Å². The molecule has 6 nitrogen and oxygen atoms in total. The maximum Gasteiger partial charge on any atom is 0.227 e. The van der Waals surface area contributed by atoms with Crippen LogP contribution in [0.3, 0.4) is 0 Å². The number of rotatable bonds is 5. The highest BCUT2D eigenvalue weighted by molar-refractivity contribution is 7.91. The van der Waals surface area contributed by atoms with Crippen LogP contribution in [0.15, 0.2) is 24.3 Å². The fraction of sp³-hybridized carbons (Fsp3) is 0.444. The summed E-state index contributed by atoms with van der Waals surface area (Å²) >= 11 is 6.19. The molecule has 0 radical (unpaired) electrons. The van der Waals surface area contributed by atoms with E-state index < -0.39 is 9.84 Å². The molecule has 1 saturated heterocycles. The van der Waals surface area contributed by atoms with E-state index in [0.29, 0.717) is 29.8 Å². The Balaban J connectivity index is 1.87. The minimum Gasteiger partial charge on any atom is -0.340 e. The number of nitrogens with zero attached hydrogens (tertiary/aromatic N) is 3. The van der Waals surface area contributed by atoms with Crippen molar-refractivity contribution in [2.45, 2.75) is 33.2 Å². The van der Waals surface area contributed by atoms with Crippen LogP contribution in [0, 0.1) is 13.8 Å². The first-order chi connectivity index (χ1) is 12.3. The van der Waals surface area contributed by atoms with Gasteiger partial charge in [-0.15, -0.1) is 0 Å². The summed E-state index contributed by atoms with van der Waals surface area (Å²) in [4.78, 5) is 11.1. The van der Waals surface area contributed by atoms with Gasteiger partial charge in [0.2, 0.25) is 5.95 Å². The van der Waals surface area contributed by atoms with Crippen molar-refractivity contribution in [2.24, 2.45) is 0 Å². The molecule has 0 aliphatic carbocycles. The molecule has 1 N–H and O–H groups in total. The van der Waals surface area contributed by atoms with Gasteiger partial charge in [-0.25, -0.2) is 13.4 Å². The number of hydrogen-bond donors (Lipinski definition) is 1. The van der Waals surface area contributed by atoms with Gasteiger partial charge in [-0.1, -0.05) is 17.7 Å². The number of anilines is 3. The van der Waals surface area contributed by atoms with Gasteiger partial charge in [0.15, 0.2) is 9.84 Å². The van der Waals surface area contributed by atoms with Crippen molar-refractivity contribution in [3.05, 3.63) is 40.5 Å². The average Bonchev–Trinajstić information content (AvgIpc) is 2.91.